The molecule has 98 valence electrons. The number of carbonyl (C=O) groups is 1. The second-order valence-electron chi connectivity index (χ2n) is 4.65. The molecular weight excluding hydrogens is 269 g/mol. The minimum absolute atomic E-state index is 0.0304. The Hall–Kier alpha value is -0.730. The van der Waals surface area contributed by atoms with E-state index in [9.17, 15) is 4.79 Å². The van der Waals surface area contributed by atoms with Crippen molar-refractivity contribution in [2.24, 2.45) is 0 Å². The van der Waals surface area contributed by atoms with E-state index in [0.29, 0.717) is 21.7 Å². The van der Waals surface area contributed by atoms with Crippen LogP contribution < -0.4 is 0 Å². The number of carbonyl (C=O) groups excluding carboxylic acids is 1. The lowest BCUT2D eigenvalue weighted by molar-refractivity contribution is 0.0608. The van der Waals surface area contributed by atoms with Crippen LogP contribution in [-0.2, 0) is 0 Å². The van der Waals surface area contributed by atoms with Gasteiger partial charge in [-0.25, -0.2) is 0 Å². The molecule has 0 bridgehead atoms. The largest absolute Gasteiger partial charge is 0.336 e. The predicted octanol–water partition coefficient (Wildman–Crippen LogP) is 4.40. The van der Waals surface area contributed by atoms with Gasteiger partial charge in [-0.3, -0.25) is 4.79 Å². The Labute approximate surface area is 118 Å². The highest BCUT2D eigenvalue weighted by Gasteiger charge is 2.28. The van der Waals surface area contributed by atoms with Crippen LogP contribution in [0.1, 0.15) is 43.0 Å². The summed E-state index contributed by atoms with van der Waals surface area (Å²) in [6, 6.07) is 5.50. The van der Waals surface area contributed by atoms with Crippen LogP contribution in [0.15, 0.2) is 18.2 Å². The van der Waals surface area contributed by atoms with Crippen molar-refractivity contribution in [2.45, 2.75) is 38.6 Å². The summed E-state index contributed by atoms with van der Waals surface area (Å²) in [5.41, 5.74) is 0.446. The van der Waals surface area contributed by atoms with Gasteiger partial charge >= 0.3 is 0 Å². The van der Waals surface area contributed by atoms with Crippen LogP contribution in [-0.4, -0.2) is 23.4 Å². The SMILES string of the molecule is CCC1CCCCN1C(=O)c1c(Cl)cccc1Cl. The third kappa shape index (κ3) is 2.65. The summed E-state index contributed by atoms with van der Waals surface area (Å²) in [6.45, 7) is 2.92. The lowest BCUT2D eigenvalue weighted by atomic mass is 9.99. The number of hydrogen-bond acceptors (Lipinski definition) is 1. The van der Waals surface area contributed by atoms with Crippen molar-refractivity contribution in [1.29, 1.82) is 0 Å². The molecule has 1 unspecified atom stereocenters. The molecule has 1 atom stereocenters. The van der Waals surface area contributed by atoms with Crippen molar-refractivity contribution >= 4 is 29.1 Å². The topological polar surface area (TPSA) is 20.3 Å². The molecule has 1 amide bonds. The fourth-order valence-electron chi connectivity index (χ4n) is 2.54. The minimum atomic E-state index is -0.0304. The molecule has 2 rings (SSSR count). The second-order valence-corrected chi connectivity index (χ2v) is 5.47. The molecule has 0 radical (unpaired) electrons. The number of rotatable bonds is 2. The molecule has 4 heteroatoms. The van der Waals surface area contributed by atoms with Crippen molar-refractivity contribution < 1.29 is 4.79 Å². The van der Waals surface area contributed by atoms with E-state index >= 15 is 0 Å². The van der Waals surface area contributed by atoms with Gasteiger partial charge in [0.2, 0.25) is 0 Å². The summed E-state index contributed by atoms with van der Waals surface area (Å²) in [4.78, 5) is 14.5. The van der Waals surface area contributed by atoms with Crippen molar-refractivity contribution in [3.8, 4) is 0 Å². The van der Waals surface area contributed by atoms with E-state index in [2.05, 4.69) is 6.92 Å². The Bertz CT molecular complexity index is 427. The van der Waals surface area contributed by atoms with Crippen LogP contribution in [0.4, 0.5) is 0 Å². The van der Waals surface area contributed by atoms with Gasteiger partial charge in [0.15, 0.2) is 0 Å². The first kappa shape index (κ1) is 13.7. The zero-order chi connectivity index (χ0) is 13.1. The molecule has 18 heavy (non-hydrogen) atoms. The van der Waals surface area contributed by atoms with E-state index < -0.39 is 0 Å². The smallest absolute Gasteiger partial charge is 0.257 e. The monoisotopic (exact) mass is 285 g/mol. The summed E-state index contributed by atoms with van der Waals surface area (Å²) in [5, 5.41) is 0.876. The maximum absolute atomic E-state index is 12.6. The number of amides is 1. The summed E-state index contributed by atoms with van der Waals surface area (Å²) in [7, 11) is 0. The highest BCUT2D eigenvalue weighted by molar-refractivity contribution is 6.39. The van der Waals surface area contributed by atoms with Gasteiger partial charge in [-0.15, -0.1) is 0 Å². The molecule has 1 heterocycles. The predicted molar refractivity (Wildman–Crippen MR) is 75.4 cm³/mol. The first-order valence-corrected chi connectivity index (χ1v) is 7.15. The number of hydrogen-bond donors (Lipinski definition) is 0. The molecule has 1 aromatic rings. The van der Waals surface area contributed by atoms with E-state index in [1.54, 1.807) is 18.2 Å². The molecular formula is C14H17Cl2NO. The summed E-state index contributed by atoms with van der Waals surface area (Å²) >= 11 is 12.2. The average molecular weight is 286 g/mol. The molecule has 0 aromatic heterocycles. The van der Waals surface area contributed by atoms with Crippen LogP contribution in [0.5, 0.6) is 0 Å². The number of piperidine rings is 1. The first-order chi connectivity index (χ1) is 8.65. The first-order valence-electron chi connectivity index (χ1n) is 6.40. The summed E-state index contributed by atoms with van der Waals surface area (Å²) in [5.74, 6) is -0.0304. The Morgan fingerprint density at radius 2 is 2.00 bits per heavy atom. The van der Waals surface area contributed by atoms with Gasteiger partial charge in [-0.05, 0) is 37.8 Å². The molecule has 0 spiro atoms. The van der Waals surface area contributed by atoms with Crippen LogP contribution in [0.3, 0.4) is 0 Å². The molecule has 1 aliphatic rings. The molecule has 0 aliphatic carbocycles. The average Bonchev–Trinajstić information content (AvgIpc) is 2.38. The van der Waals surface area contributed by atoms with Gasteiger partial charge in [-0.2, -0.15) is 0 Å². The van der Waals surface area contributed by atoms with E-state index in [-0.39, 0.29) is 5.91 Å². The van der Waals surface area contributed by atoms with Crippen molar-refractivity contribution in [1.82, 2.24) is 4.90 Å². The third-order valence-electron chi connectivity index (χ3n) is 3.54. The van der Waals surface area contributed by atoms with Crippen LogP contribution >= 0.6 is 23.2 Å². The second kappa shape index (κ2) is 5.94. The Morgan fingerprint density at radius 1 is 1.33 bits per heavy atom. The molecule has 0 saturated carbocycles. The van der Waals surface area contributed by atoms with Crippen LogP contribution in [0.25, 0.3) is 0 Å². The molecule has 2 nitrogen and oxygen atoms in total. The quantitative estimate of drug-likeness (QED) is 0.789. The summed E-state index contributed by atoms with van der Waals surface area (Å²) in [6.07, 6.45) is 4.31. The van der Waals surface area contributed by atoms with Gasteiger partial charge in [-0.1, -0.05) is 36.2 Å². The van der Waals surface area contributed by atoms with Gasteiger partial charge in [0, 0.05) is 12.6 Å². The third-order valence-corrected chi connectivity index (χ3v) is 4.17. The van der Waals surface area contributed by atoms with Crippen molar-refractivity contribution in [2.75, 3.05) is 6.54 Å². The normalized spacial score (nSPS) is 19.9. The van der Waals surface area contributed by atoms with E-state index in [4.69, 9.17) is 23.2 Å². The number of nitrogens with zero attached hydrogens (tertiary/aromatic N) is 1. The van der Waals surface area contributed by atoms with E-state index in [1.165, 1.54) is 6.42 Å². The maximum Gasteiger partial charge on any atom is 0.257 e. The van der Waals surface area contributed by atoms with Gasteiger partial charge in [0.25, 0.3) is 5.91 Å². The molecule has 1 aliphatic heterocycles. The molecule has 1 fully saturated rings. The zero-order valence-electron chi connectivity index (χ0n) is 10.5. The fourth-order valence-corrected chi connectivity index (χ4v) is 3.10. The fraction of sp³-hybridized carbons (Fsp3) is 0.500. The number of halogens is 2. The lowest BCUT2D eigenvalue weighted by Crippen LogP contribution is -2.43. The number of benzene rings is 1. The minimum Gasteiger partial charge on any atom is -0.336 e. The molecule has 0 N–H and O–H groups in total. The lowest BCUT2D eigenvalue weighted by Gasteiger charge is -2.35. The van der Waals surface area contributed by atoms with E-state index in [1.807, 2.05) is 4.90 Å². The molecule has 1 saturated heterocycles. The standard InChI is InChI=1S/C14H17Cl2NO/c1-2-10-6-3-4-9-17(10)14(18)13-11(15)7-5-8-12(13)16/h5,7-8,10H,2-4,6,9H2,1H3. The van der Waals surface area contributed by atoms with Gasteiger partial charge in [0.1, 0.15) is 0 Å². The van der Waals surface area contributed by atoms with Crippen LogP contribution in [0.2, 0.25) is 10.0 Å². The van der Waals surface area contributed by atoms with Gasteiger partial charge in [0.05, 0.1) is 15.6 Å². The summed E-state index contributed by atoms with van der Waals surface area (Å²) < 4.78 is 0. The highest BCUT2D eigenvalue weighted by atomic mass is 35.5. The maximum atomic E-state index is 12.6. The van der Waals surface area contributed by atoms with Gasteiger partial charge < -0.3 is 4.90 Å². The Kier molecular flexibility index (Phi) is 4.52. The molecule has 1 aromatic carbocycles. The van der Waals surface area contributed by atoms with Crippen molar-refractivity contribution in [3.63, 3.8) is 0 Å². The van der Waals surface area contributed by atoms with Crippen molar-refractivity contribution in [3.05, 3.63) is 33.8 Å². The zero-order valence-corrected chi connectivity index (χ0v) is 12.0. The number of likely N-dealkylation sites (tertiary alicyclic amines) is 1. The van der Waals surface area contributed by atoms with E-state index in [0.717, 1.165) is 25.8 Å². The highest BCUT2D eigenvalue weighted by Crippen LogP contribution is 2.29. The Balaban J connectivity index is 2.30. The Morgan fingerprint density at radius 3 is 2.61 bits per heavy atom. The van der Waals surface area contributed by atoms with Crippen LogP contribution in [0, 0.1) is 0 Å².